The van der Waals surface area contributed by atoms with E-state index in [2.05, 4.69) is 46.7 Å². The Bertz CT molecular complexity index is 764. The normalized spacial score (nSPS) is 17.3. The minimum atomic E-state index is -0.660. The van der Waals surface area contributed by atoms with Crippen molar-refractivity contribution in [2.45, 2.75) is 19.9 Å². The molecule has 2 amide bonds. The number of nitrogens with one attached hydrogen (secondary N) is 2. The number of hydrogen-bond donors (Lipinski definition) is 2. The summed E-state index contributed by atoms with van der Waals surface area (Å²) in [7, 11) is 0. The van der Waals surface area contributed by atoms with Gasteiger partial charge in [0.2, 0.25) is 0 Å². The lowest BCUT2D eigenvalue weighted by Crippen LogP contribution is -2.34. The van der Waals surface area contributed by atoms with E-state index in [0.29, 0.717) is 12.5 Å². The third kappa shape index (κ3) is 5.02. The van der Waals surface area contributed by atoms with Crippen LogP contribution in [0.5, 0.6) is 0 Å². The summed E-state index contributed by atoms with van der Waals surface area (Å²) in [6.45, 7) is 5.37. The Balaban J connectivity index is 1.43. The molecule has 1 fully saturated rings. The van der Waals surface area contributed by atoms with E-state index in [1.807, 2.05) is 0 Å². The van der Waals surface area contributed by atoms with Gasteiger partial charge in [-0.05, 0) is 43.5 Å². The van der Waals surface area contributed by atoms with E-state index < -0.39 is 17.7 Å². The molecule has 2 N–H and O–H groups in total. The van der Waals surface area contributed by atoms with Gasteiger partial charge in [-0.1, -0.05) is 29.8 Å². The molecule has 0 saturated carbocycles. The number of benzene rings is 2. The molecule has 0 radical (unpaired) electrons. The molecule has 4 nitrogen and oxygen atoms in total. The average Bonchev–Trinajstić information content (AvgIpc) is 3.06. The summed E-state index contributed by atoms with van der Waals surface area (Å²) < 4.78 is 26.7. The summed E-state index contributed by atoms with van der Waals surface area (Å²) in [5.74, 6) is -0.903. The number of likely N-dealkylation sites (tertiary alicyclic amines) is 1. The Morgan fingerprint density at radius 1 is 1.19 bits per heavy atom. The summed E-state index contributed by atoms with van der Waals surface area (Å²) in [5.41, 5.74) is 2.37. The van der Waals surface area contributed by atoms with Crippen molar-refractivity contribution in [3.8, 4) is 0 Å². The van der Waals surface area contributed by atoms with E-state index in [9.17, 15) is 13.6 Å². The van der Waals surface area contributed by atoms with Gasteiger partial charge in [0.05, 0.1) is 5.69 Å². The molecule has 0 bridgehead atoms. The topological polar surface area (TPSA) is 44.4 Å². The summed E-state index contributed by atoms with van der Waals surface area (Å²) in [6, 6.07) is 11.0. The Labute approximate surface area is 152 Å². The zero-order valence-corrected chi connectivity index (χ0v) is 14.8. The van der Waals surface area contributed by atoms with Crippen molar-refractivity contribution < 1.29 is 13.6 Å². The van der Waals surface area contributed by atoms with Gasteiger partial charge in [0.25, 0.3) is 0 Å². The predicted molar refractivity (Wildman–Crippen MR) is 97.9 cm³/mol. The number of aryl methyl sites for hydroxylation is 1. The first kappa shape index (κ1) is 18.3. The molecule has 6 heteroatoms. The fourth-order valence-electron chi connectivity index (χ4n) is 3.17. The summed E-state index contributed by atoms with van der Waals surface area (Å²) in [6.07, 6.45) is 1.00. The Morgan fingerprint density at radius 3 is 2.73 bits per heavy atom. The van der Waals surface area contributed by atoms with Crippen molar-refractivity contribution in [1.29, 1.82) is 0 Å². The number of amides is 2. The molecule has 2 aromatic carbocycles. The van der Waals surface area contributed by atoms with Crippen LogP contribution >= 0.6 is 0 Å². The summed E-state index contributed by atoms with van der Waals surface area (Å²) in [4.78, 5) is 14.3. The molecule has 0 aliphatic carbocycles. The van der Waals surface area contributed by atoms with Crippen molar-refractivity contribution >= 4 is 11.7 Å². The Morgan fingerprint density at radius 2 is 1.96 bits per heavy atom. The van der Waals surface area contributed by atoms with E-state index in [4.69, 9.17) is 0 Å². The number of rotatable bonds is 5. The fraction of sp³-hybridized carbons (Fsp3) is 0.350. The van der Waals surface area contributed by atoms with Gasteiger partial charge in [-0.15, -0.1) is 0 Å². The van der Waals surface area contributed by atoms with Crippen LogP contribution in [-0.4, -0.2) is 30.6 Å². The lowest BCUT2D eigenvalue weighted by Gasteiger charge is -2.17. The third-order valence-corrected chi connectivity index (χ3v) is 4.62. The number of anilines is 1. The number of carbonyl (C=O) groups excluding carboxylic acids is 1. The van der Waals surface area contributed by atoms with Gasteiger partial charge < -0.3 is 10.6 Å². The predicted octanol–water partition coefficient (Wildman–Crippen LogP) is 3.92. The molecule has 3 rings (SSSR count). The van der Waals surface area contributed by atoms with Gasteiger partial charge in [0, 0.05) is 25.7 Å². The molecule has 1 unspecified atom stereocenters. The van der Waals surface area contributed by atoms with Gasteiger partial charge in [-0.25, -0.2) is 13.6 Å². The standard InChI is InChI=1S/C20H23F2N3O/c1-14-2-4-15(5-3-14)12-25-9-8-16(13-25)11-23-20(26)24-19-10-17(21)6-7-18(19)22/h2-7,10,16H,8-9,11-13H2,1H3,(H2,23,24,26). The van der Waals surface area contributed by atoms with Gasteiger partial charge in [0.1, 0.15) is 11.6 Å². The van der Waals surface area contributed by atoms with Crippen molar-refractivity contribution in [1.82, 2.24) is 10.2 Å². The monoisotopic (exact) mass is 359 g/mol. The second-order valence-electron chi connectivity index (χ2n) is 6.83. The Hall–Kier alpha value is -2.47. The van der Waals surface area contributed by atoms with Crippen LogP contribution in [0.15, 0.2) is 42.5 Å². The summed E-state index contributed by atoms with van der Waals surface area (Å²) in [5, 5.41) is 5.10. The zero-order valence-electron chi connectivity index (χ0n) is 14.8. The molecule has 2 aromatic rings. The maximum Gasteiger partial charge on any atom is 0.319 e. The molecule has 26 heavy (non-hydrogen) atoms. The molecule has 0 spiro atoms. The summed E-state index contributed by atoms with van der Waals surface area (Å²) >= 11 is 0. The van der Waals surface area contributed by atoms with Crippen molar-refractivity contribution in [3.05, 3.63) is 65.2 Å². The van der Waals surface area contributed by atoms with Crippen LogP contribution < -0.4 is 10.6 Å². The van der Waals surface area contributed by atoms with Crippen LogP contribution in [-0.2, 0) is 6.54 Å². The van der Waals surface area contributed by atoms with Gasteiger partial charge in [-0.3, -0.25) is 4.90 Å². The van der Waals surface area contributed by atoms with Crippen LogP contribution in [0.4, 0.5) is 19.3 Å². The number of hydrogen-bond acceptors (Lipinski definition) is 2. The molecule has 0 aromatic heterocycles. The molecule has 1 aliphatic heterocycles. The number of nitrogens with zero attached hydrogens (tertiary/aromatic N) is 1. The van der Waals surface area contributed by atoms with E-state index in [1.165, 1.54) is 11.1 Å². The highest BCUT2D eigenvalue weighted by molar-refractivity contribution is 5.89. The minimum absolute atomic E-state index is 0.157. The average molecular weight is 359 g/mol. The molecule has 1 heterocycles. The van der Waals surface area contributed by atoms with E-state index in [0.717, 1.165) is 44.3 Å². The fourth-order valence-corrected chi connectivity index (χ4v) is 3.17. The highest BCUT2D eigenvalue weighted by Crippen LogP contribution is 2.19. The second-order valence-corrected chi connectivity index (χ2v) is 6.83. The SMILES string of the molecule is Cc1ccc(CN2CCC(CNC(=O)Nc3cc(F)ccc3F)C2)cc1. The first-order valence-electron chi connectivity index (χ1n) is 8.77. The van der Waals surface area contributed by atoms with Crippen LogP contribution in [0.3, 0.4) is 0 Å². The highest BCUT2D eigenvalue weighted by Gasteiger charge is 2.23. The lowest BCUT2D eigenvalue weighted by atomic mass is 10.1. The van der Waals surface area contributed by atoms with Crippen LogP contribution in [0.2, 0.25) is 0 Å². The lowest BCUT2D eigenvalue weighted by molar-refractivity contribution is 0.249. The minimum Gasteiger partial charge on any atom is -0.338 e. The van der Waals surface area contributed by atoms with Gasteiger partial charge in [-0.2, -0.15) is 0 Å². The quantitative estimate of drug-likeness (QED) is 0.850. The largest absolute Gasteiger partial charge is 0.338 e. The number of halogens is 2. The smallest absolute Gasteiger partial charge is 0.319 e. The molecule has 1 aliphatic rings. The van der Waals surface area contributed by atoms with E-state index >= 15 is 0 Å². The second kappa shape index (κ2) is 8.27. The highest BCUT2D eigenvalue weighted by atomic mass is 19.1. The Kier molecular flexibility index (Phi) is 5.83. The molecular weight excluding hydrogens is 336 g/mol. The van der Waals surface area contributed by atoms with Crippen molar-refractivity contribution in [2.24, 2.45) is 5.92 Å². The molecular formula is C20H23F2N3O. The van der Waals surface area contributed by atoms with Crippen LogP contribution in [0, 0.1) is 24.5 Å². The van der Waals surface area contributed by atoms with Gasteiger partial charge >= 0.3 is 6.03 Å². The molecule has 138 valence electrons. The van der Waals surface area contributed by atoms with Crippen LogP contribution in [0.1, 0.15) is 17.5 Å². The third-order valence-electron chi connectivity index (χ3n) is 4.62. The maximum atomic E-state index is 13.5. The number of urea groups is 1. The zero-order chi connectivity index (χ0) is 18.5. The maximum absolute atomic E-state index is 13.5. The van der Waals surface area contributed by atoms with E-state index in [1.54, 1.807) is 0 Å². The molecule has 1 atom stereocenters. The van der Waals surface area contributed by atoms with Crippen molar-refractivity contribution in [3.63, 3.8) is 0 Å². The first-order chi connectivity index (χ1) is 12.5. The first-order valence-corrected chi connectivity index (χ1v) is 8.77. The van der Waals surface area contributed by atoms with Gasteiger partial charge in [0.15, 0.2) is 0 Å². The number of carbonyl (C=O) groups is 1. The molecule has 1 saturated heterocycles. The van der Waals surface area contributed by atoms with Crippen LogP contribution in [0.25, 0.3) is 0 Å². The van der Waals surface area contributed by atoms with E-state index in [-0.39, 0.29) is 5.69 Å². The van der Waals surface area contributed by atoms with Crippen molar-refractivity contribution in [2.75, 3.05) is 25.0 Å².